The minimum absolute atomic E-state index is 0.0321. The van der Waals surface area contributed by atoms with E-state index >= 15 is 0 Å². The molecule has 0 saturated carbocycles. The average molecular weight is 299 g/mol. The minimum Gasteiger partial charge on any atom is -0.310 e. The lowest BCUT2D eigenvalue weighted by Gasteiger charge is -2.24. The van der Waals surface area contributed by atoms with Gasteiger partial charge < -0.3 is 5.32 Å². The molecule has 0 aliphatic carbocycles. The number of rotatable bonds is 5. The molecule has 20 heavy (non-hydrogen) atoms. The van der Waals surface area contributed by atoms with Crippen LogP contribution in [0.2, 0.25) is 0 Å². The molecular formula is C12H17N3O4S. The fourth-order valence-corrected chi connectivity index (χ4v) is 3.36. The summed E-state index contributed by atoms with van der Waals surface area (Å²) >= 11 is 0. The maximum Gasteiger partial charge on any atom is 0.269 e. The molecule has 0 bridgehead atoms. The highest BCUT2D eigenvalue weighted by Crippen LogP contribution is 2.19. The molecule has 110 valence electrons. The van der Waals surface area contributed by atoms with Crippen LogP contribution in [-0.4, -0.2) is 32.0 Å². The summed E-state index contributed by atoms with van der Waals surface area (Å²) in [6, 6.07) is 4.85. The van der Waals surface area contributed by atoms with Crippen LogP contribution in [0, 0.1) is 10.1 Å². The van der Waals surface area contributed by atoms with Crippen LogP contribution in [0.15, 0.2) is 29.2 Å². The number of nitro groups is 1. The maximum atomic E-state index is 12.1. The predicted octanol–water partition coefficient (Wildman–Crippen LogP) is 1.02. The standard InChI is InChI=1S/C12H17N3O4S/c1-12(7-2-8-13-12)9-14-20(18,19)11-5-3-10(4-6-11)15(16)17/h3-6,13-14H,2,7-9H2,1H3. The van der Waals surface area contributed by atoms with Crippen LogP contribution in [0.3, 0.4) is 0 Å². The molecular weight excluding hydrogens is 282 g/mol. The summed E-state index contributed by atoms with van der Waals surface area (Å²) in [5.74, 6) is 0. The van der Waals surface area contributed by atoms with E-state index in [2.05, 4.69) is 10.0 Å². The molecule has 1 aliphatic rings. The van der Waals surface area contributed by atoms with Gasteiger partial charge in [-0.25, -0.2) is 13.1 Å². The lowest BCUT2D eigenvalue weighted by Crippen LogP contribution is -2.47. The van der Waals surface area contributed by atoms with Gasteiger partial charge in [0.2, 0.25) is 10.0 Å². The summed E-state index contributed by atoms with van der Waals surface area (Å²) in [6.07, 6.45) is 1.94. The first kappa shape index (κ1) is 14.9. The van der Waals surface area contributed by atoms with Crippen LogP contribution < -0.4 is 10.0 Å². The van der Waals surface area contributed by atoms with Crippen molar-refractivity contribution in [1.29, 1.82) is 0 Å². The summed E-state index contributed by atoms with van der Waals surface area (Å²) in [5, 5.41) is 13.8. The van der Waals surface area contributed by atoms with Gasteiger partial charge in [-0.15, -0.1) is 0 Å². The van der Waals surface area contributed by atoms with E-state index in [4.69, 9.17) is 0 Å². The highest BCUT2D eigenvalue weighted by Gasteiger charge is 2.29. The van der Waals surface area contributed by atoms with Crippen molar-refractivity contribution in [2.24, 2.45) is 0 Å². The van der Waals surface area contributed by atoms with Gasteiger partial charge in [0, 0.05) is 24.2 Å². The van der Waals surface area contributed by atoms with E-state index < -0.39 is 14.9 Å². The molecule has 0 spiro atoms. The van der Waals surface area contributed by atoms with Crippen molar-refractivity contribution in [2.75, 3.05) is 13.1 Å². The highest BCUT2D eigenvalue weighted by molar-refractivity contribution is 7.89. The van der Waals surface area contributed by atoms with Gasteiger partial charge in [0.1, 0.15) is 0 Å². The third-order valence-corrected chi connectivity index (χ3v) is 4.88. The second kappa shape index (κ2) is 5.47. The molecule has 8 heteroatoms. The predicted molar refractivity (Wildman–Crippen MR) is 73.9 cm³/mol. The molecule has 0 amide bonds. The van der Waals surface area contributed by atoms with E-state index in [1.54, 1.807) is 0 Å². The lowest BCUT2D eigenvalue weighted by molar-refractivity contribution is -0.384. The maximum absolute atomic E-state index is 12.1. The second-order valence-electron chi connectivity index (χ2n) is 5.17. The summed E-state index contributed by atoms with van der Waals surface area (Å²) in [4.78, 5) is 10.0. The van der Waals surface area contributed by atoms with Crippen LogP contribution in [0.25, 0.3) is 0 Å². The first-order chi connectivity index (χ1) is 9.32. The molecule has 1 unspecified atom stereocenters. The smallest absolute Gasteiger partial charge is 0.269 e. The number of non-ortho nitro benzene ring substituents is 1. The zero-order chi connectivity index (χ0) is 14.8. The summed E-state index contributed by atoms with van der Waals surface area (Å²) < 4.78 is 26.8. The molecule has 1 aliphatic heterocycles. The second-order valence-corrected chi connectivity index (χ2v) is 6.93. The Bertz CT molecular complexity index is 592. The van der Waals surface area contributed by atoms with Gasteiger partial charge in [0.25, 0.3) is 5.69 Å². The van der Waals surface area contributed by atoms with E-state index in [-0.39, 0.29) is 16.1 Å². The van der Waals surface area contributed by atoms with Crippen LogP contribution in [-0.2, 0) is 10.0 Å². The minimum atomic E-state index is -3.64. The summed E-state index contributed by atoms with van der Waals surface area (Å²) in [7, 11) is -3.64. The molecule has 2 rings (SSSR count). The fourth-order valence-electron chi connectivity index (χ4n) is 2.19. The Kier molecular flexibility index (Phi) is 4.07. The largest absolute Gasteiger partial charge is 0.310 e. The van der Waals surface area contributed by atoms with Crippen LogP contribution in [0.1, 0.15) is 19.8 Å². The monoisotopic (exact) mass is 299 g/mol. The molecule has 1 atom stereocenters. The first-order valence-corrected chi connectivity index (χ1v) is 7.80. The Labute approximate surface area is 117 Å². The summed E-state index contributed by atoms with van der Waals surface area (Å²) in [6.45, 7) is 3.15. The number of sulfonamides is 1. The van der Waals surface area contributed by atoms with Crippen molar-refractivity contribution < 1.29 is 13.3 Å². The lowest BCUT2D eigenvalue weighted by atomic mass is 10.0. The Morgan fingerprint density at radius 3 is 2.55 bits per heavy atom. The Morgan fingerprint density at radius 2 is 2.05 bits per heavy atom. The van der Waals surface area contributed by atoms with E-state index in [1.807, 2.05) is 6.92 Å². The third kappa shape index (κ3) is 3.33. The van der Waals surface area contributed by atoms with Gasteiger partial charge >= 0.3 is 0 Å². The number of benzene rings is 1. The van der Waals surface area contributed by atoms with Gasteiger partial charge in [0.15, 0.2) is 0 Å². The van der Waals surface area contributed by atoms with E-state index in [1.165, 1.54) is 24.3 Å². The molecule has 1 aromatic rings. The highest BCUT2D eigenvalue weighted by atomic mass is 32.2. The molecule has 0 aromatic heterocycles. The average Bonchev–Trinajstić information content (AvgIpc) is 2.84. The van der Waals surface area contributed by atoms with Crippen molar-refractivity contribution in [2.45, 2.75) is 30.2 Å². The van der Waals surface area contributed by atoms with Crippen molar-refractivity contribution in [3.8, 4) is 0 Å². The van der Waals surface area contributed by atoms with Crippen LogP contribution in [0.4, 0.5) is 5.69 Å². The molecule has 2 N–H and O–H groups in total. The van der Waals surface area contributed by atoms with Crippen molar-refractivity contribution in [1.82, 2.24) is 10.0 Å². The molecule has 1 fully saturated rings. The Balaban J connectivity index is 2.08. The van der Waals surface area contributed by atoms with Crippen LogP contribution in [0.5, 0.6) is 0 Å². The first-order valence-electron chi connectivity index (χ1n) is 6.32. The zero-order valence-electron chi connectivity index (χ0n) is 11.1. The van der Waals surface area contributed by atoms with Gasteiger partial charge in [0.05, 0.1) is 9.82 Å². The van der Waals surface area contributed by atoms with Crippen molar-refractivity contribution >= 4 is 15.7 Å². The van der Waals surface area contributed by atoms with E-state index in [0.717, 1.165) is 19.4 Å². The fraction of sp³-hybridized carbons (Fsp3) is 0.500. The quantitative estimate of drug-likeness (QED) is 0.624. The molecule has 1 heterocycles. The van der Waals surface area contributed by atoms with Crippen molar-refractivity contribution in [3.05, 3.63) is 34.4 Å². The van der Waals surface area contributed by atoms with Gasteiger partial charge in [-0.1, -0.05) is 0 Å². The number of hydrogen-bond donors (Lipinski definition) is 2. The normalized spacial score (nSPS) is 22.9. The van der Waals surface area contributed by atoms with Crippen molar-refractivity contribution in [3.63, 3.8) is 0 Å². The summed E-state index contributed by atoms with van der Waals surface area (Å²) in [5.41, 5.74) is -0.359. The Morgan fingerprint density at radius 1 is 1.40 bits per heavy atom. The van der Waals surface area contributed by atoms with E-state index in [9.17, 15) is 18.5 Å². The molecule has 1 saturated heterocycles. The number of nitro benzene ring substituents is 1. The number of nitrogens with one attached hydrogen (secondary N) is 2. The SMILES string of the molecule is CC1(CNS(=O)(=O)c2ccc([N+](=O)[O-])cc2)CCCN1. The van der Waals surface area contributed by atoms with Crippen LogP contribution >= 0.6 is 0 Å². The molecule has 7 nitrogen and oxygen atoms in total. The van der Waals surface area contributed by atoms with E-state index in [0.29, 0.717) is 6.54 Å². The molecule has 1 aromatic carbocycles. The Hall–Kier alpha value is -1.51. The number of nitrogens with zero attached hydrogens (tertiary/aromatic N) is 1. The zero-order valence-corrected chi connectivity index (χ0v) is 11.9. The molecule has 0 radical (unpaired) electrons. The third-order valence-electron chi connectivity index (χ3n) is 3.47. The topological polar surface area (TPSA) is 101 Å². The van der Waals surface area contributed by atoms with Gasteiger partial charge in [-0.2, -0.15) is 0 Å². The number of hydrogen-bond acceptors (Lipinski definition) is 5. The van der Waals surface area contributed by atoms with Gasteiger partial charge in [-0.05, 0) is 38.4 Å². The van der Waals surface area contributed by atoms with Gasteiger partial charge in [-0.3, -0.25) is 10.1 Å².